The maximum Gasteiger partial charge on any atom is 0.234 e. The number of amides is 1. The van der Waals surface area contributed by atoms with E-state index in [0.717, 1.165) is 28.4 Å². The lowest BCUT2D eigenvalue weighted by Crippen LogP contribution is -2.36. The number of benzene rings is 2. The van der Waals surface area contributed by atoms with Crippen LogP contribution in [0.2, 0.25) is 0 Å². The van der Waals surface area contributed by atoms with E-state index in [1.165, 1.54) is 0 Å². The van der Waals surface area contributed by atoms with E-state index in [2.05, 4.69) is 5.32 Å². The van der Waals surface area contributed by atoms with E-state index in [1.807, 2.05) is 61.3 Å². The van der Waals surface area contributed by atoms with Crippen molar-refractivity contribution in [3.05, 3.63) is 53.6 Å². The SMILES string of the molecule is COc1ccc(CN(C)CC(=O)N[C@H](C)c2ccc3c(c2)OCCO3)cc1. The lowest BCUT2D eigenvalue weighted by atomic mass is 10.1. The molecule has 1 atom stereocenters. The highest BCUT2D eigenvalue weighted by Crippen LogP contribution is 2.32. The number of hydrogen-bond donors (Lipinski definition) is 1. The Labute approximate surface area is 160 Å². The number of hydrogen-bond acceptors (Lipinski definition) is 5. The highest BCUT2D eigenvalue weighted by Gasteiger charge is 2.16. The maximum absolute atomic E-state index is 12.4. The molecule has 1 aliphatic heterocycles. The van der Waals surface area contributed by atoms with Gasteiger partial charge in [-0.25, -0.2) is 0 Å². The highest BCUT2D eigenvalue weighted by molar-refractivity contribution is 5.78. The monoisotopic (exact) mass is 370 g/mol. The summed E-state index contributed by atoms with van der Waals surface area (Å²) >= 11 is 0. The van der Waals surface area contributed by atoms with Gasteiger partial charge in [0.15, 0.2) is 11.5 Å². The highest BCUT2D eigenvalue weighted by atomic mass is 16.6. The first kappa shape index (κ1) is 19.0. The fraction of sp³-hybridized carbons (Fsp3) is 0.381. The van der Waals surface area contributed by atoms with Crippen LogP contribution in [0.4, 0.5) is 0 Å². The van der Waals surface area contributed by atoms with Crippen molar-refractivity contribution in [3.8, 4) is 17.2 Å². The van der Waals surface area contributed by atoms with Gasteiger partial charge in [-0.2, -0.15) is 0 Å². The molecular formula is C21H26N2O4. The molecule has 0 unspecified atom stereocenters. The minimum Gasteiger partial charge on any atom is -0.497 e. The van der Waals surface area contributed by atoms with Crippen LogP contribution in [0.5, 0.6) is 17.2 Å². The molecular weight excluding hydrogens is 344 g/mol. The molecule has 0 bridgehead atoms. The number of rotatable bonds is 7. The normalized spacial score (nSPS) is 13.9. The summed E-state index contributed by atoms with van der Waals surface area (Å²) in [5, 5.41) is 3.04. The number of methoxy groups -OCH3 is 1. The second-order valence-electron chi connectivity index (χ2n) is 6.71. The fourth-order valence-corrected chi connectivity index (χ4v) is 3.04. The number of carbonyl (C=O) groups is 1. The van der Waals surface area contributed by atoms with E-state index in [0.29, 0.717) is 26.3 Å². The number of nitrogens with one attached hydrogen (secondary N) is 1. The first-order valence-electron chi connectivity index (χ1n) is 9.05. The van der Waals surface area contributed by atoms with Gasteiger partial charge in [-0.1, -0.05) is 18.2 Å². The summed E-state index contributed by atoms with van der Waals surface area (Å²) in [5.74, 6) is 2.29. The number of ether oxygens (including phenoxy) is 3. The van der Waals surface area contributed by atoms with Crippen LogP contribution < -0.4 is 19.5 Å². The number of fused-ring (bicyclic) bond motifs is 1. The Morgan fingerprint density at radius 1 is 1.15 bits per heavy atom. The summed E-state index contributed by atoms with van der Waals surface area (Å²) in [5.41, 5.74) is 2.12. The van der Waals surface area contributed by atoms with Gasteiger partial charge in [-0.3, -0.25) is 9.69 Å². The van der Waals surface area contributed by atoms with E-state index >= 15 is 0 Å². The van der Waals surface area contributed by atoms with Crippen LogP contribution in [0.3, 0.4) is 0 Å². The first-order chi connectivity index (χ1) is 13.0. The fourth-order valence-electron chi connectivity index (χ4n) is 3.04. The Morgan fingerprint density at radius 2 is 1.85 bits per heavy atom. The third kappa shape index (κ3) is 5.14. The molecule has 0 aliphatic carbocycles. The molecule has 1 heterocycles. The minimum atomic E-state index is -0.109. The topological polar surface area (TPSA) is 60.0 Å². The van der Waals surface area contributed by atoms with Crippen molar-refractivity contribution in [1.82, 2.24) is 10.2 Å². The second kappa shape index (κ2) is 8.77. The molecule has 0 spiro atoms. The minimum absolute atomic E-state index is 0.0200. The lowest BCUT2D eigenvalue weighted by molar-refractivity contribution is -0.122. The third-order valence-electron chi connectivity index (χ3n) is 4.47. The predicted molar refractivity (Wildman–Crippen MR) is 103 cm³/mol. The maximum atomic E-state index is 12.4. The van der Waals surface area contributed by atoms with Crippen molar-refractivity contribution in [2.75, 3.05) is 33.9 Å². The molecule has 3 rings (SSSR count). The van der Waals surface area contributed by atoms with E-state index < -0.39 is 0 Å². The van der Waals surface area contributed by atoms with Gasteiger partial charge in [-0.05, 0) is 49.4 Å². The van der Waals surface area contributed by atoms with Crippen molar-refractivity contribution >= 4 is 5.91 Å². The van der Waals surface area contributed by atoms with Gasteiger partial charge in [0.2, 0.25) is 5.91 Å². The molecule has 6 nitrogen and oxygen atoms in total. The molecule has 2 aromatic carbocycles. The van der Waals surface area contributed by atoms with Crippen LogP contribution in [-0.4, -0.2) is 44.7 Å². The van der Waals surface area contributed by atoms with E-state index in [4.69, 9.17) is 14.2 Å². The molecule has 144 valence electrons. The molecule has 0 saturated heterocycles. The van der Waals surface area contributed by atoms with Crippen molar-refractivity contribution in [2.24, 2.45) is 0 Å². The molecule has 2 aromatic rings. The average Bonchev–Trinajstić information content (AvgIpc) is 2.68. The standard InChI is InChI=1S/C21H26N2O4/c1-15(17-6-9-19-20(12-17)27-11-10-26-19)22-21(24)14-23(2)13-16-4-7-18(25-3)8-5-16/h4-9,12,15H,10-11,13-14H2,1-3H3,(H,22,24)/t15-/m1/s1. The number of nitrogens with zero attached hydrogens (tertiary/aromatic N) is 1. The largest absolute Gasteiger partial charge is 0.497 e. The smallest absolute Gasteiger partial charge is 0.234 e. The molecule has 0 fully saturated rings. The van der Waals surface area contributed by atoms with Gasteiger partial charge in [0, 0.05) is 6.54 Å². The first-order valence-corrected chi connectivity index (χ1v) is 9.05. The Bertz CT molecular complexity index is 776. The average molecular weight is 370 g/mol. The Morgan fingerprint density at radius 3 is 2.56 bits per heavy atom. The van der Waals surface area contributed by atoms with E-state index in [-0.39, 0.29) is 11.9 Å². The van der Waals surface area contributed by atoms with Gasteiger partial charge in [0.05, 0.1) is 19.7 Å². The second-order valence-corrected chi connectivity index (χ2v) is 6.71. The van der Waals surface area contributed by atoms with E-state index in [9.17, 15) is 4.79 Å². The van der Waals surface area contributed by atoms with Crippen molar-refractivity contribution < 1.29 is 19.0 Å². The van der Waals surface area contributed by atoms with Gasteiger partial charge >= 0.3 is 0 Å². The van der Waals surface area contributed by atoms with Gasteiger partial charge in [0.1, 0.15) is 19.0 Å². The summed E-state index contributed by atoms with van der Waals surface area (Å²) in [6.07, 6.45) is 0. The quantitative estimate of drug-likeness (QED) is 0.812. The molecule has 0 saturated carbocycles. The molecule has 1 N–H and O–H groups in total. The van der Waals surface area contributed by atoms with Gasteiger partial charge in [0.25, 0.3) is 0 Å². The van der Waals surface area contributed by atoms with E-state index in [1.54, 1.807) is 7.11 Å². The molecule has 1 aliphatic rings. The molecule has 1 amide bonds. The van der Waals surface area contributed by atoms with Gasteiger partial charge in [-0.15, -0.1) is 0 Å². The van der Waals surface area contributed by atoms with Crippen LogP contribution in [0.25, 0.3) is 0 Å². The molecule has 0 radical (unpaired) electrons. The zero-order valence-electron chi connectivity index (χ0n) is 16.0. The Kier molecular flexibility index (Phi) is 6.19. The summed E-state index contributed by atoms with van der Waals surface area (Å²) < 4.78 is 16.3. The predicted octanol–water partition coefficient (Wildman–Crippen LogP) is 2.78. The Hall–Kier alpha value is -2.73. The van der Waals surface area contributed by atoms with Gasteiger partial charge < -0.3 is 19.5 Å². The molecule has 6 heteroatoms. The van der Waals surface area contributed by atoms with Crippen molar-refractivity contribution in [1.29, 1.82) is 0 Å². The summed E-state index contributed by atoms with van der Waals surface area (Å²) in [7, 11) is 3.58. The molecule has 27 heavy (non-hydrogen) atoms. The van der Waals surface area contributed by atoms with Crippen LogP contribution in [0.15, 0.2) is 42.5 Å². The molecule has 0 aromatic heterocycles. The summed E-state index contributed by atoms with van der Waals surface area (Å²) in [6, 6.07) is 13.5. The lowest BCUT2D eigenvalue weighted by Gasteiger charge is -2.22. The van der Waals surface area contributed by atoms with Crippen LogP contribution in [0.1, 0.15) is 24.1 Å². The number of carbonyl (C=O) groups excluding carboxylic acids is 1. The number of likely N-dealkylation sites (N-methyl/N-ethyl adjacent to an activating group) is 1. The van der Waals surface area contributed by atoms with Crippen molar-refractivity contribution in [2.45, 2.75) is 19.5 Å². The van der Waals surface area contributed by atoms with Crippen LogP contribution >= 0.6 is 0 Å². The Balaban J connectivity index is 1.51. The zero-order valence-corrected chi connectivity index (χ0v) is 16.0. The summed E-state index contributed by atoms with van der Waals surface area (Å²) in [6.45, 7) is 4.09. The summed E-state index contributed by atoms with van der Waals surface area (Å²) in [4.78, 5) is 14.4. The van der Waals surface area contributed by atoms with Crippen LogP contribution in [-0.2, 0) is 11.3 Å². The van der Waals surface area contributed by atoms with Crippen LogP contribution in [0, 0.1) is 0 Å². The third-order valence-corrected chi connectivity index (χ3v) is 4.47. The zero-order chi connectivity index (χ0) is 19.2. The van der Waals surface area contributed by atoms with Crippen molar-refractivity contribution in [3.63, 3.8) is 0 Å².